The Morgan fingerprint density at radius 3 is 2.44 bits per heavy atom. The van der Waals surface area contributed by atoms with E-state index in [1.165, 1.54) is 12.3 Å². The molecule has 32 heavy (non-hydrogen) atoms. The van der Waals surface area contributed by atoms with Gasteiger partial charge in [-0.05, 0) is 54.6 Å². The van der Waals surface area contributed by atoms with Crippen LogP contribution in [0.4, 0.5) is 0 Å². The zero-order valence-electron chi connectivity index (χ0n) is 31.7. The Morgan fingerprint density at radius 2 is 1.72 bits per heavy atom. The van der Waals surface area contributed by atoms with E-state index in [2.05, 4.69) is 0 Å². The topological polar surface area (TPSA) is 30.9 Å². The molecule has 0 amide bonds. The van der Waals surface area contributed by atoms with Gasteiger partial charge in [0.15, 0.2) is 11.5 Å². The second-order valence-electron chi connectivity index (χ2n) is 7.19. The number of ether oxygens (including phenoxy) is 3. The summed E-state index contributed by atoms with van der Waals surface area (Å²) >= 11 is 0. The van der Waals surface area contributed by atoms with Crippen molar-refractivity contribution in [2.24, 2.45) is 0 Å². The first-order valence-electron chi connectivity index (χ1n) is 17.6. The third-order valence-electron chi connectivity index (χ3n) is 5.08. The van der Waals surface area contributed by atoms with Crippen LogP contribution in [0.3, 0.4) is 0 Å². The van der Waals surface area contributed by atoms with Gasteiger partial charge in [-0.1, -0.05) is 73.9 Å². The van der Waals surface area contributed by atoms with Gasteiger partial charge in [-0.3, -0.25) is 0 Å². The number of hydrogen-bond donors (Lipinski definition) is 0. The van der Waals surface area contributed by atoms with E-state index < -0.39 is 96.7 Å². The first-order valence-corrected chi connectivity index (χ1v) is 10.0. The number of nitrogens with zero attached hydrogens (tertiary/aromatic N) is 1. The van der Waals surface area contributed by atoms with Crippen LogP contribution in [-0.2, 0) is 11.1 Å². The summed E-state index contributed by atoms with van der Waals surface area (Å²) in [6.45, 7) is -2.00. The predicted octanol–water partition coefficient (Wildman–Crippen LogP) is 5.86. The summed E-state index contributed by atoms with van der Waals surface area (Å²) in [6.07, 6.45) is -3.15. The second kappa shape index (κ2) is 10.7. The number of fused-ring (bicyclic) bond motifs is 1. The highest BCUT2D eigenvalue weighted by Crippen LogP contribution is 2.33. The maximum absolute atomic E-state index is 8.87. The third kappa shape index (κ3) is 5.32. The van der Waals surface area contributed by atoms with E-state index in [-0.39, 0.29) is 19.9 Å². The molecule has 5 rings (SSSR count). The Bertz CT molecular complexity index is 1490. The van der Waals surface area contributed by atoms with E-state index in [1.54, 1.807) is 18.2 Å². The van der Waals surface area contributed by atoms with Crippen LogP contribution in [0.1, 0.15) is 62.2 Å². The summed E-state index contributed by atoms with van der Waals surface area (Å²) in [7, 11) is 1.25. The molecule has 1 saturated heterocycles. The highest BCUT2D eigenvalue weighted by Gasteiger charge is 2.25. The van der Waals surface area contributed by atoms with Crippen molar-refractivity contribution in [3.05, 3.63) is 95.3 Å². The van der Waals surface area contributed by atoms with Crippen LogP contribution in [0.25, 0.3) is 0 Å². The van der Waals surface area contributed by atoms with Gasteiger partial charge < -0.3 is 19.1 Å². The lowest BCUT2D eigenvalue weighted by molar-refractivity contribution is -0.0330. The molecule has 1 unspecified atom stereocenters. The second-order valence-corrected chi connectivity index (χ2v) is 7.19. The number of likely N-dealkylation sites (tertiary alicyclic amines) is 1. The zero-order valence-corrected chi connectivity index (χ0v) is 17.7. The highest BCUT2D eigenvalue weighted by molar-refractivity contribution is 5.44. The molecule has 0 radical (unpaired) electrons. The molecule has 4 heteroatoms. The Labute approximate surface area is 211 Å². The molecule has 2 aliphatic rings. The van der Waals surface area contributed by atoms with Crippen LogP contribution in [0.2, 0.25) is 0 Å². The molecule has 168 valence electrons. The van der Waals surface area contributed by atoms with Gasteiger partial charge in [0.2, 0.25) is 6.79 Å². The minimum absolute atomic E-state index is 0.0304. The fraction of sp³-hybridized carbons (Fsp3) is 0.357. The predicted molar refractivity (Wildman–Crippen MR) is 128 cm³/mol. The lowest BCUT2D eigenvalue weighted by atomic mass is 10.00. The lowest BCUT2D eigenvalue weighted by Crippen LogP contribution is -2.41. The summed E-state index contributed by atoms with van der Waals surface area (Å²) in [5, 5.41) is 0. The molecular formula is C28H33NO3. The van der Waals surface area contributed by atoms with Crippen molar-refractivity contribution >= 4 is 0 Å². The van der Waals surface area contributed by atoms with E-state index >= 15 is 0 Å². The highest BCUT2D eigenvalue weighted by atomic mass is 16.7. The van der Waals surface area contributed by atoms with Crippen LogP contribution in [0.15, 0.2) is 78.6 Å². The molecule has 0 aromatic heterocycles. The van der Waals surface area contributed by atoms with Crippen molar-refractivity contribution in [1.82, 2.24) is 4.90 Å². The van der Waals surface area contributed by atoms with Gasteiger partial charge in [0.05, 0.1) is 19.8 Å². The molecule has 2 aliphatic heterocycles. The summed E-state index contributed by atoms with van der Waals surface area (Å²) in [4.78, 5) is 1.42. The number of benzene rings is 3. The molecule has 2 atom stereocenters. The van der Waals surface area contributed by atoms with Crippen molar-refractivity contribution in [3.63, 3.8) is 0 Å². The van der Waals surface area contributed by atoms with Crippen molar-refractivity contribution in [2.75, 3.05) is 26.4 Å². The molecular weight excluding hydrogens is 398 g/mol. The molecule has 4 nitrogen and oxygen atoms in total. The van der Waals surface area contributed by atoms with Crippen LogP contribution in [0.5, 0.6) is 11.5 Å². The van der Waals surface area contributed by atoms with Crippen LogP contribution in [0, 0.1) is 0 Å². The van der Waals surface area contributed by atoms with E-state index in [0.717, 1.165) is 0 Å². The number of rotatable bonds is 7. The van der Waals surface area contributed by atoms with Gasteiger partial charge in [0.25, 0.3) is 0 Å². The van der Waals surface area contributed by atoms with E-state index in [0.29, 0.717) is 29.9 Å². The Hall–Kier alpha value is -2.82. The van der Waals surface area contributed by atoms with E-state index in [4.69, 9.17) is 33.4 Å². The maximum atomic E-state index is 8.87. The van der Waals surface area contributed by atoms with E-state index in [1.807, 2.05) is 0 Å². The summed E-state index contributed by atoms with van der Waals surface area (Å²) in [5.74, 6) is 0.912. The molecule has 0 aliphatic carbocycles. The Kier molecular flexibility index (Phi) is 3.62. The smallest absolute Gasteiger partial charge is 0.231 e. The first-order chi connectivity index (χ1) is 21.7. The first kappa shape index (κ1) is 10.9. The number of hydrogen-bond acceptors (Lipinski definition) is 4. The molecule has 3 aromatic rings. The fourth-order valence-corrected chi connectivity index (χ4v) is 3.59. The monoisotopic (exact) mass is 445 g/mol. The average molecular weight is 446 g/mol. The van der Waals surface area contributed by atoms with Gasteiger partial charge in [-0.15, -0.1) is 0 Å². The fourth-order valence-electron chi connectivity index (χ4n) is 3.59. The number of aryl methyl sites for hydroxylation is 1. The quantitative estimate of drug-likeness (QED) is 0.455. The Balaban J connectivity index is 0.00000235. The van der Waals surface area contributed by atoms with Gasteiger partial charge in [-0.2, -0.15) is 0 Å². The molecule has 0 spiro atoms. The largest absolute Gasteiger partial charge is 0.454 e. The van der Waals surface area contributed by atoms with Crippen LogP contribution < -0.4 is 9.47 Å². The molecule has 2 heterocycles. The molecule has 0 N–H and O–H groups in total. The van der Waals surface area contributed by atoms with Gasteiger partial charge in [-0.25, -0.2) is 0 Å². The van der Waals surface area contributed by atoms with Crippen molar-refractivity contribution in [1.29, 1.82) is 0 Å². The zero-order chi connectivity index (χ0) is 34.2. The van der Waals surface area contributed by atoms with Crippen LogP contribution >= 0.6 is 0 Å². The molecule has 0 saturated carbocycles. The maximum Gasteiger partial charge on any atom is 0.231 e. The summed E-state index contributed by atoms with van der Waals surface area (Å²) in [6, 6.07) is -1.86. The summed E-state index contributed by atoms with van der Waals surface area (Å²) in [5.41, 5.74) is -0.430. The molecule has 3 aromatic carbocycles. The van der Waals surface area contributed by atoms with Crippen molar-refractivity contribution < 1.29 is 33.4 Å². The lowest BCUT2D eigenvalue weighted by Gasteiger charge is -2.35. The van der Waals surface area contributed by atoms with Gasteiger partial charge >= 0.3 is 0 Å². The minimum Gasteiger partial charge on any atom is -0.454 e. The molecule has 1 fully saturated rings. The average Bonchev–Trinajstić information content (AvgIpc) is 3.53. The standard InChI is InChI=1S/C27H29NO3.CH4/c1-3-8-22(9-4-1)27(23-10-5-2-6-11-23)31-24-12-7-16-28(19-24)17-15-21-13-14-25-26(18-21)30-20-29-25;/h1-6,8-11,13-14,18,24,27H,7,12,15-17,19-20H2;1H4/t24-;/m1./s1/i1D,2D,3D,4D,5D,6D,8D,9D,10D,11D,15D,17D2;1D/t15?,24-;. The van der Waals surface area contributed by atoms with E-state index in [9.17, 15) is 0 Å². The Morgan fingerprint density at radius 1 is 1.03 bits per heavy atom. The normalized spacial score (nSPS) is 25.2. The number of piperidine rings is 1. The van der Waals surface area contributed by atoms with Gasteiger partial charge in [0, 0.05) is 18.5 Å². The molecule has 0 bridgehead atoms. The SMILES string of the molecule is [2H]C.[2H]c1c([2H])c([2H])c(C(O[C@@H]2CCCN(C([2H])([2H])C([2H])c3ccc4c(c3)OCO4)C2)c2c([2H])c([2H])c([2H])c([2H])c2[2H])c([2H])c1[2H]. The third-order valence-corrected chi connectivity index (χ3v) is 5.08. The van der Waals surface area contributed by atoms with Crippen molar-refractivity contribution in [2.45, 2.75) is 38.8 Å². The minimum atomic E-state index is -2.21. The van der Waals surface area contributed by atoms with Crippen molar-refractivity contribution in [3.8, 4) is 11.5 Å². The summed E-state index contributed by atoms with van der Waals surface area (Å²) < 4.78 is 132. The van der Waals surface area contributed by atoms with Crippen LogP contribution in [-0.4, -0.2) is 37.4 Å². The van der Waals surface area contributed by atoms with Gasteiger partial charge in [0.1, 0.15) is 6.10 Å².